The zero-order valence-corrected chi connectivity index (χ0v) is 12.3. The van der Waals surface area contributed by atoms with Crippen LogP contribution in [0.15, 0.2) is 18.2 Å². The van der Waals surface area contributed by atoms with Crippen molar-refractivity contribution in [1.82, 2.24) is 5.32 Å². The summed E-state index contributed by atoms with van der Waals surface area (Å²) < 4.78 is 4.91. The summed E-state index contributed by atoms with van der Waals surface area (Å²) >= 11 is 11.3. The number of carbonyl (C=O) groups is 1. The topological polar surface area (TPSA) is 64.3 Å². The molecule has 1 aliphatic heterocycles. The average Bonchev–Trinajstić information content (AvgIpc) is 2.43. The van der Waals surface area contributed by atoms with E-state index in [1.54, 1.807) is 25.3 Å². The zero-order valence-electron chi connectivity index (χ0n) is 10.8. The van der Waals surface area contributed by atoms with Crippen LogP contribution in [0, 0.1) is 0 Å². The van der Waals surface area contributed by atoms with Gasteiger partial charge in [0, 0.05) is 6.07 Å². The Morgan fingerprint density at radius 3 is 2.53 bits per heavy atom. The van der Waals surface area contributed by atoms with E-state index in [2.05, 4.69) is 5.32 Å². The fourth-order valence-corrected chi connectivity index (χ4v) is 1.99. The van der Waals surface area contributed by atoms with Crippen LogP contribution in [0.3, 0.4) is 0 Å². The van der Waals surface area contributed by atoms with Gasteiger partial charge in [0.05, 0.1) is 23.2 Å². The normalized spacial score (nSPS) is 18.2. The van der Waals surface area contributed by atoms with E-state index >= 15 is 0 Å². The van der Waals surface area contributed by atoms with Gasteiger partial charge in [0.15, 0.2) is 0 Å². The summed E-state index contributed by atoms with van der Waals surface area (Å²) in [4.78, 5) is 10.5. The molecule has 6 heteroatoms. The monoisotopic (exact) mass is 304 g/mol. The SMILES string of the molecule is COc1ccc(Cl)c(Cl)c1.NC(=O)[C@H]1CCCCN1. The van der Waals surface area contributed by atoms with Gasteiger partial charge in [-0.05, 0) is 31.5 Å². The van der Waals surface area contributed by atoms with Gasteiger partial charge < -0.3 is 15.8 Å². The smallest absolute Gasteiger partial charge is 0.234 e. The number of hydrogen-bond donors (Lipinski definition) is 2. The Hall–Kier alpha value is -0.970. The first-order chi connectivity index (χ1) is 9.04. The summed E-state index contributed by atoms with van der Waals surface area (Å²) in [5.41, 5.74) is 5.07. The number of amides is 1. The summed E-state index contributed by atoms with van der Waals surface area (Å²) in [5.74, 6) is 0.504. The number of nitrogens with one attached hydrogen (secondary N) is 1. The second-order valence-electron chi connectivity index (χ2n) is 4.18. The first kappa shape index (κ1) is 16.1. The summed E-state index contributed by atoms with van der Waals surface area (Å²) in [6.07, 6.45) is 3.21. The molecule has 0 radical (unpaired) electrons. The van der Waals surface area contributed by atoms with E-state index in [1.807, 2.05) is 0 Å². The number of ether oxygens (including phenoxy) is 1. The third-order valence-electron chi connectivity index (χ3n) is 2.78. The molecule has 0 aliphatic carbocycles. The minimum absolute atomic E-state index is 0.0567. The fraction of sp³-hybridized carbons (Fsp3) is 0.462. The number of carbonyl (C=O) groups excluding carboxylic acids is 1. The van der Waals surface area contributed by atoms with Crippen molar-refractivity contribution >= 4 is 29.1 Å². The summed E-state index contributed by atoms with van der Waals surface area (Å²) in [6, 6.07) is 5.07. The van der Waals surface area contributed by atoms with Crippen molar-refractivity contribution in [3.05, 3.63) is 28.2 Å². The van der Waals surface area contributed by atoms with Crippen LogP contribution in [0.4, 0.5) is 0 Å². The lowest BCUT2D eigenvalue weighted by Gasteiger charge is -2.19. The molecule has 106 valence electrons. The van der Waals surface area contributed by atoms with E-state index in [1.165, 1.54) is 6.42 Å². The summed E-state index contributed by atoms with van der Waals surface area (Å²) in [6.45, 7) is 0.938. The third kappa shape index (κ3) is 5.68. The first-order valence-electron chi connectivity index (χ1n) is 6.06. The number of nitrogens with two attached hydrogens (primary N) is 1. The molecule has 1 aliphatic rings. The molecule has 0 bridgehead atoms. The van der Waals surface area contributed by atoms with E-state index in [0.717, 1.165) is 25.1 Å². The Labute approximate surface area is 123 Å². The largest absolute Gasteiger partial charge is 0.497 e. The van der Waals surface area contributed by atoms with Crippen molar-refractivity contribution in [2.45, 2.75) is 25.3 Å². The number of hydrogen-bond acceptors (Lipinski definition) is 3. The molecule has 4 nitrogen and oxygen atoms in total. The molecule has 1 fully saturated rings. The fourth-order valence-electron chi connectivity index (χ4n) is 1.70. The second-order valence-corrected chi connectivity index (χ2v) is 5.00. The molecule has 0 saturated carbocycles. The highest BCUT2D eigenvalue weighted by Crippen LogP contribution is 2.25. The van der Waals surface area contributed by atoms with Gasteiger partial charge in [-0.3, -0.25) is 4.79 Å². The Morgan fingerprint density at radius 2 is 2.11 bits per heavy atom. The molecular formula is C13H18Cl2N2O2. The number of halogens is 2. The maximum Gasteiger partial charge on any atom is 0.234 e. The van der Waals surface area contributed by atoms with Crippen LogP contribution >= 0.6 is 23.2 Å². The van der Waals surface area contributed by atoms with Gasteiger partial charge in [-0.15, -0.1) is 0 Å². The van der Waals surface area contributed by atoms with Gasteiger partial charge in [-0.25, -0.2) is 0 Å². The molecule has 1 heterocycles. The standard InChI is InChI=1S/C7H6Cl2O.C6H12N2O/c1-10-5-2-3-6(8)7(9)4-5;7-6(9)5-3-1-2-4-8-5/h2-4H,1H3;5,8H,1-4H2,(H2,7,9)/t;5-/m.1/s1. The van der Waals surface area contributed by atoms with Gasteiger partial charge in [0.1, 0.15) is 5.75 Å². The van der Waals surface area contributed by atoms with Crippen molar-refractivity contribution in [2.24, 2.45) is 5.73 Å². The maximum atomic E-state index is 10.5. The number of piperidine rings is 1. The van der Waals surface area contributed by atoms with E-state index in [0.29, 0.717) is 10.0 Å². The third-order valence-corrected chi connectivity index (χ3v) is 3.52. The highest BCUT2D eigenvalue weighted by molar-refractivity contribution is 6.42. The quantitative estimate of drug-likeness (QED) is 0.883. The molecule has 1 amide bonds. The Balaban J connectivity index is 0.000000191. The lowest BCUT2D eigenvalue weighted by molar-refractivity contribution is -0.120. The number of methoxy groups -OCH3 is 1. The molecule has 0 spiro atoms. The lowest BCUT2D eigenvalue weighted by atomic mass is 10.1. The molecular weight excluding hydrogens is 287 g/mol. The van der Waals surface area contributed by atoms with E-state index in [-0.39, 0.29) is 11.9 Å². The van der Waals surface area contributed by atoms with Crippen molar-refractivity contribution in [1.29, 1.82) is 0 Å². The van der Waals surface area contributed by atoms with Gasteiger partial charge in [0.25, 0.3) is 0 Å². The molecule has 0 aromatic heterocycles. The van der Waals surface area contributed by atoms with Crippen LogP contribution in [-0.4, -0.2) is 25.6 Å². The van der Waals surface area contributed by atoms with Gasteiger partial charge in [-0.2, -0.15) is 0 Å². The Kier molecular flexibility index (Phi) is 6.99. The number of rotatable bonds is 2. The molecule has 1 aromatic carbocycles. The van der Waals surface area contributed by atoms with E-state index in [9.17, 15) is 4.79 Å². The molecule has 2 rings (SSSR count). The van der Waals surface area contributed by atoms with Crippen LogP contribution in [-0.2, 0) is 4.79 Å². The van der Waals surface area contributed by atoms with Crippen LogP contribution < -0.4 is 15.8 Å². The van der Waals surface area contributed by atoms with Crippen LogP contribution in [0.5, 0.6) is 5.75 Å². The maximum absolute atomic E-state index is 10.5. The lowest BCUT2D eigenvalue weighted by Crippen LogP contribution is -2.44. The average molecular weight is 305 g/mol. The highest BCUT2D eigenvalue weighted by Gasteiger charge is 2.16. The minimum atomic E-state index is -0.213. The van der Waals surface area contributed by atoms with Crippen molar-refractivity contribution in [2.75, 3.05) is 13.7 Å². The molecule has 3 N–H and O–H groups in total. The van der Waals surface area contributed by atoms with E-state index in [4.69, 9.17) is 33.7 Å². The highest BCUT2D eigenvalue weighted by atomic mass is 35.5. The molecule has 1 aromatic rings. The Bertz CT molecular complexity index is 421. The predicted octanol–water partition coefficient (Wildman–Crippen LogP) is 2.62. The molecule has 19 heavy (non-hydrogen) atoms. The zero-order chi connectivity index (χ0) is 14.3. The molecule has 1 atom stereocenters. The first-order valence-corrected chi connectivity index (χ1v) is 6.82. The van der Waals surface area contributed by atoms with Crippen LogP contribution in [0.1, 0.15) is 19.3 Å². The number of benzene rings is 1. The molecule has 1 saturated heterocycles. The Morgan fingerprint density at radius 1 is 1.37 bits per heavy atom. The predicted molar refractivity (Wildman–Crippen MR) is 77.9 cm³/mol. The van der Waals surface area contributed by atoms with Crippen LogP contribution in [0.25, 0.3) is 0 Å². The van der Waals surface area contributed by atoms with Crippen molar-refractivity contribution in [3.8, 4) is 5.75 Å². The van der Waals surface area contributed by atoms with Crippen LogP contribution in [0.2, 0.25) is 10.0 Å². The second kappa shape index (κ2) is 8.25. The van der Waals surface area contributed by atoms with Gasteiger partial charge in [-0.1, -0.05) is 29.6 Å². The number of primary amides is 1. The molecule has 0 unspecified atom stereocenters. The van der Waals surface area contributed by atoms with Gasteiger partial charge >= 0.3 is 0 Å². The summed E-state index contributed by atoms with van der Waals surface area (Å²) in [7, 11) is 1.58. The minimum Gasteiger partial charge on any atom is -0.497 e. The van der Waals surface area contributed by atoms with Crippen molar-refractivity contribution < 1.29 is 9.53 Å². The van der Waals surface area contributed by atoms with E-state index < -0.39 is 0 Å². The van der Waals surface area contributed by atoms with Gasteiger partial charge in [0.2, 0.25) is 5.91 Å². The summed E-state index contributed by atoms with van der Waals surface area (Å²) in [5, 5.41) is 4.10. The van der Waals surface area contributed by atoms with Crippen molar-refractivity contribution in [3.63, 3.8) is 0 Å².